The Hall–Kier alpha value is -1.75. The van der Waals surface area contributed by atoms with Crippen molar-refractivity contribution in [3.05, 3.63) is 23.3 Å². The molecule has 0 unspecified atom stereocenters. The summed E-state index contributed by atoms with van der Waals surface area (Å²) in [7, 11) is 3.19. The number of nitrogens with one attached hydrogen (secondary N) is 2. The third-order valence-electron chi connectivity index (χ3n) is 4.71. The van der Waals surface area contributed by atoms with Gasteiger partial charge in [-0.15, -0.1) is 0 Å². The topological polar surface area (TPSA) is 59.6 Å². The maximum Gasteiger partial charge on any atom is 0.251 e. The van der Waals surface area contributed by atoms with Crippen LogP contribution >= 0.6 is 0 Å². The van der Waals surface area contributed by atoms with Crippen molar-refractivity contribution in [3.63, 3.8) is 0 Å². The molecule has 0 spiro atoms. The second kappa shape index (κ2) is 9.52. The molecule has 0 saturated heterocycles. The van der Waals surface area contributed by atoms with Gasteiger partial charge in [0.05, 0.1) is 14.2 Å². The molecule has 5 heteroatoms. The number of ether oxygens (including phenoxy) is 2. The fraction of sp³-hybridized carbons (Fsp3) is 0.632. The van der Waals surface area contributed by atoms with Gasteiger partial charge in [0.2, 0.25) is 0 Å². The molecule has 2 rings (SSSR count). The predicted octanol–water partition coefficient (Wildman–Crippen LogP) is 3.05. The van der Waals surface area contributed by atoms with Gasteiger partial charge >= 0.3 is 0 Å². The molecular formula is C19H30N2O3. The zero-order valence-electron chi connectivity index (χ0n) is 15.1. The summed E-state index contributed by atoms with van der Waals surface area (Å²) in [6.07, 6.45) is 7.83. The molecule has 134 valence electrons. The number of hydrogen-bond donors (Lipinski definition) is 2. The van der Waals surface area contributed by atoms with Gasteiger partial charge in [-0.25, -0.2) is 0 Å². The van der Waals surface area contributed by atoms with Crippen molar-refractivity contribution >= 4 is 5.91 Å². The van der Waals surface area contributed by atoms with E-state index in [1.54, 1.807) is 26.4 Å². The molecule has 1 aromatic rings. The third-order valence-corrected chi connectivity index (χ3v) is 4.71. The molecule has 1 aliphatic carbocycles. The second-order valence-electron chi connectivity index (χ2n) is 6.40. The van der Waals surface area contributed by atoms with E-state index in [1.165, 1.54) is 38.5 Å². The van der Waals surface area contributed by atoms with Gasteiger partial charge in [-0.05, 0) is 31.9 Å². The lowest BCUT2D eigenvalue weighted by Gasteiger charge is -2.16. The van der Waals surface area contributed by atoms with Crippen LogP contribution in [-0.2, 0) is 0 Å². The summed E-state index contributed by atoms with van der Waals surface area (Å²) < 4.78 is 10.6. The Kier molecular flexibility index (Phi) is 7.37. The lowest BCUT2D eigenvalue weighted by molar-refractivity contribution is 0.0952. The number of carbonyl (C=O) groups excluding carboxylic acids is 1. The van der Waals surface area contributed by atoms with Crippen molar-refractivity contribution in [3.8, 4) is 11.5 Å². The van der Waals surface area contributed by atoms with Crippen molar-refractivity contribution in [1.29, 1.82) is 0 Å². The normalized spacial score (nSPS) is 15.6. The number of rotatable bonds is 7. The van der Waals surface area contributed by atoms with Gasteiger partial charge in [0.25, 0.3) is 5.91 Å². The molecule has 1 amide bonds. The Morgan fingerprint density at radius 1 is 1.04 bits per heavy atom. The highest BCUT2D eigenvalue weighted by Gasteiger charge is 2.14. The maximum absolute atomic E-state index is 12.3. The fourth-order valence-electron chi connectivity index (χ4n) is 3.26. The minimum absolute atomic E-state index is 0.103. The fourth-order valence-corrected chi connectivity index (χ4v) is 3.26. The van der Waals surface area contributed by atoms with Crippen molar-refractivity contribution < 1.29 is 14.3 Å². The van der Waals surface area contributed by atoms with Gasteiger partial charge in [-0.2, -0.15) is 0 Å². The van der Waals surface area contributed by atoms with E-state index < -0.39 is 0 Å². The average Bonchev–Trinajstić information content (AvgIpc) is 2.87. The molecule has 0 bridgehead atoms. The first-order chi connectivity index (χ1) is 11.7. The number of carbonyl (C=O) groups is 1. The van der Waals surface area contributed by atoms with Crippen molar-refractivity contribution in [2.45, 2.75) is 51.5 Å². The predicted molar refractivity (Wildman–Crippen MR) is 96.1 cm³/mol. The van der Waals surface area contributed by atoms with E-state index in [9.17, 15) is 4.79 Å². The second-order valence-corrected chi connectivity index (χ2v) is 6.40. The molecule has 2 N–H and O–H groups in total. The van der Waals surface area contributed by atoms with E-state index in [0.29, 0.717) is 29.6 Å². The standard InChI is InChI=1S/C19H30N2O3/c1-14-17(23-2)12-15(13-18(14)24-3)19(22)21-11-10-20-16-8-6-4-5-7-9-16/h12-13,16,20H,4-11H2,1-3H3,(H,21,22). The quantitative estimate of drug-likeness (QED) is 0.594. The summed E-state index contributed by atoms with van der Waals surface area (Å²) in [4.78, 5) is 12.3. The maximum atomic E-state index is 12.3. The van der Waals surface area contributed by atoms with Crippen LogP contribution in [0, 0.1) is 6.92 Å². The number of methoxy groups -OCH3 is 2. The number of amides is 1. The molecule has 1 saturated carbocycles. The van der Waals surface area contributed by atoms with Crippen LogP contribution in [0.15, 0.2) is 12.1 Å². The van der Waals surface area contributed by atoms with E-state index in [2.05, 4.69) is 10.6 Å². The van der Waals surface area contributed by atoms with Crippen LogP contribution in [0.3, 0.4) is 0 Å². The Labute approximate surface area is 145 Å². The zero-order valence-corrected chi connectivity index (χ0v) is 15.1. The van der Waals surface area contributed by atoms with Crippen molar-refractivity contribution in [2.24, 2.45) is 0 Å². The lowest BCUT2D eigenvalue weighted by Crippen LogP contribution is -2.36. The van der Waals surface area contributed by atoms with Crippen LogP contribution in [0.2, 0.25) is 0 Å². The summed E-state index contributed by atoms with van der Waals surface area (Å²) in [5, 5.41) is 6.52. The highest BCUT2D eigenvalue weighted by Crippen LogP contribution is 2.29. The summed E-state index contributed by atoms with van der Waals surface area (Å²) in [6.45, 7) is 3.33. The average molecular weight is 334 g/mol. The minimum atomic E-state index is -0.103. The molecule has 24 heavy (non-hydrogen) atoms. The number of hydrogen-bond acceptors (Lipinski definition) is 4. The molecule has 0 atom stereocenters. The first-order valence-electron chi connectivity index (χ1n) is 8.90. The minimum Gasteiger partial charge on any atom is -0.496 e. The lowest BCUT2D eigenvalue weighted by atomic mass is 10.1. The molecule has 1 fully saturated rings. The van der Waals surface area contributed by atoms with Crippen LogP contribution in [0.4, 0.5) is 0 Å². The van der Waals surface area contributed by atoms with E-state index in [-0.39, 0.29) is 5.91 Å². The summed E-state index contributed by atoms with van der Waals surface area (Å²) in [5.41, 5.74) is 1.45. The molecule has 0 aromatic heterocycles. The van der Waals surface area contributed by atoms with Gasteiger partial charge in [-0.1, -0.05) is 25.7 Å². The molecular weight excluding hydrogens is 304 g/mol. The first-order valence-corrected chi connectivity index (χ1v) is 8.90. The Balaban J connectivity index is 1.83. The molecule has 0 heterocycles. The van der Waals surface area contributed by atoms with E-state index in [4.69, 9.17) is 9.47 Å². The molecule has 0 aliphatic heterocycles. The molecule has 5 nitrogen and oxygen atoms in total. The smallest absolute Gasteiger partial charge is 0.251 e. The Morgan fingerprint density at radius 2 is 1.62 bits per heavy atom. The molecule has 1 aromatic carbocycles. The van der Waals surface area contributed by atoms with Crippen LogP contribution in [-0.4, -0.2) is 39.3 Å². The highest BCUT2D eigenvalue weighted by atomic mass is 16.5. The summed E-state index contributed by atoms with van der Waals surface area (Å²) in [5.74, 6) is 1.22. The molecule has 1 aliphatic rings. The van der Waals surface area contributed by atoms with E-state index in [1.807, 2.05) is 6.92 Å². The van der Waals surface area contributed by atoms with Crippen LogP contribution in [0.5, 0.6) is 11.5 Å². The summed E-state index contributed by atoms with van der Waals surface area (Å²) in [6, 6.07) is 4.11. The van der Waals surface area contributed by atoms with Gasteiger partial charge in [0.15, 0.2) is 0 Å². The van der Waals surface area contributed by atoms with Crippen LogP contribution < -0.4 is 20.1 Å². The first kappa shape index (κ1) is 18.6. The van der Waals surface area contributed by atoms with E-state index >= 15 is 0 Å². The zero-order chi connectivity index (χ0) is 17.4. The van der Waals surface area contributed by atoms with Gasteiger partial charge < -0.3 is 20.1 Å². The third kappa shape index (κ3) is 5.13. The largest absolute Gasteiger partial charge is 0.496 e. The van der Waals surface area contributed by atoms with E-state index in [0.717, 1.165) is 12.1 Å². The van der Waals surface area contributed by atoms with Crippen LogP contribution in [0.1, 0.15) is 54.4 Å². The summed E-state index contributed by atoms with van der Waals surface area (Å²) >= 11 is 0. The SMILES string of the molecule is COc1cc(C(=O)NCCNC2CCCCCC2)cc(OC)c1C. The molecule has 0 radical (unpaired) electrons. The van der Waals surface area contributed by atoms with Crippen LogP contribution in [0.25, 0.3) is 0 Å². The van der Waals surface area contributed by atoms with Crippen molar-refractivity contribution in [1.82, 2.24) is 10.6 Å². The van der Waals surface area contributed by atoms with Gasteiger partial charge in [-0.3, -0.25) is 4.79 Å². The van der Waals surface area contributed by atoms with Gasteiger partial charge in [0, 0.05) is 30.3 Å². The van der Waals surface area contributed by atoms with Gasteiger partial charge in [0.1, 0.15) is 11.5 Å². The van der Waals surface area contributed by atoms with Crippen molar-refractivity contribution in [2.75, 3.05) is 27.3 Å². The monoisotopic (exact) mass is 334 g/mol. The number of benzene rings is 1. The Bertz CT molecular complexity index is 512. The highest BCUT2D eigenvalue weighted by molar-refractivity contribution is 5.95. The Morgan fingerprint density at radius 3 is 2.17 bits per heavy atom.